The maximum absolute atomic E-state index is 12.5. The number of hydrogen-bond donors (Lipinski definition) is 2. The Morgan fingerprint density at radius 1 is 1.15 bits per heavy atom. The summed E-state index contributed by atoms with van der Waals surface area (Å²) in [5, 5.41) is 3.05. The van der Waals surface area contributed by atoms with Crippen LogP contribution < -0.4 is 15.8 Å². The molecule has 0 atom stereocenters. The van der Waals surface area contributed by atoms with E-state index in [1.54, 1.807) is 24.3 Å². The lowest BCUT2D eigenvalue weighted by Gasteiger charge is -2.15. The van der Waals surface area contributed by atoms with Crippen molar-refractivity contribution in [2.45, 2.75) is 12.8 Å². The van der Waals surface area contributed by atoms with E-state index in [4.69, 9.17) is 22.1 Å². The zero-order valence-corrected chi connectivity index (χ0v) is 15.2. The molecule has 1 heterocycles. The van der Waals surface area contributed by atoms with Crippen LogP contribution in [0.4, 0.5) is 11.4 Å². The second-order valence-electron chi connectivity index (χ2n) is 6.10. The standard InChI is InChI=1S/C19H20ClN3O3/c1-26-17-11-16(21)15(20)10-14(17)18(24)22-13-6-4-12(5-7-13)19(25)23-8-2-3-9-23/h4-7,10-11H,2-3,8-9,21H2,1H3,(H,22,24). The Morgan fingerprint density at radius 2 is 1.81 bits per heavy atom. The fraction of sp³-hybridized carbons (Fsp3) is 0.263. The maximum atomic E-state index is 12.5. The number of benzene rings is 2. The van der Waals surface area contributed by atoms with Gasteiger partial charge in [0, 0.05) is 30.4 Å². The summed E-state index contributed by atoms with van der Waals surface area (Å²) in [6.45, 7) is 1.60. The molecule has 1 aliphatic rings. The molecule has 26 heavy (non-hydrogen) atoms. The lowest BCUT2D eigenvalue weighted by atomic mass is 10.1. The molecule has 0 saturated carbocycles. The van der Waals surface area contributed by atoms with Gasteiger partial charge in [-0.15, -0.1) is 0 Å². The molecular formula is C19H20ClN3O3. The molecule has 0 aromatic heterocycles. The van der Waals surface area contributed by atoms with E-state index in [0.717, 1.165) is 25.9 Å². The molecule has 0 unspecified atom stereocenters. The fourth-order valence-electron chi connectivity index (χ4n) is 2.91. The van der Waals surface area contributed by atoms with Crippen molar-refractivity contribution in [1.29, 1.82) is 0 Å². The van der Waals surface area contributed by atoms with Crippen LogP contribution in [0.1, 0.15) is 33.6 Å². The minimum Gasteiger partial charge on any atom is -0.496 e. The van der Waals surface area contributed by atoms with Crippen molar-refractivity contribution in [2.75, 3.05) is 31.2 Å². The Hall–Kier alpha value is -2.73. The van der Waals surface area contributed by atoms with Gasteiger partial charge in [0.15, 0.2) is 0 Å². The normalized spacial score (nSPS) is 13.5. The summed E-state index contributed by atoms with van der Waals surface area (Å²) in [6, 6.07) is 9.80. The Bertz CT molecular complexity index is 831. The number of rotatable bonds is 4. The first-order valence-corrected chi connectivity index (χ1v) is 8.71. The van der Waals surface area contributed by atoms with Gasteiger partial charge in [0.1, 0.15) is 5.75 Å². The highest BCUT2D eigenvalue weighted by Gasteiger charge is 2.20. The van der Waals surface area contributed by atoms with Gasteiger partial charge in [-0.1, -0.05) is 11.6 Å². The first kappa shape index (κ1) is 18.1. The van der Waals surface area contributed by atoms with Gasteiger partial charge in [-0.25, -0.2) is 0 Å². The Kier molecular flexibility index (Phi) is 5.32. The van der Waals surface area contributed by atoms with Gasteiger partial charge in [0.25, 0.3) is 11.8 Å². The number of likely N-dealkylation sites (tertiary alicyclic amines) is 1. The number of anilines is 2. The third kappa shape index (κ3) is 3.75. The largest absolute Gasteiger partial charge is 0.496 e. The summed E-state index contributed by atoms with van der Waals surface area (Å²) in [7, 11) is 1.46. The van der Waals surface area contributed by atoms with Crippen LogP contribution in [0.15, 0.2) is 36.4 Å². The van der Waals surface area contributed by atoms with Crippen molar-refractivity contribution in [3.05, 3.63) is 52.5 Å². The Balaban J connectivity index is 1.74. The third-order valence-corrected chi connectivity index (χ3v) is 4.67. The first-order valence-electron chi connectivity index (χ1n) is 8.33. The van der Waals surface area contributed by atoms with Crippen LogP contribution in [0, 0.1) is 0 Å². The summed E-state index contributed by atoms with van der Waals surface area (Å²) < 4.78 is 5.20. The number of carbonyl (C=O) groups is 2. The zero-order valence-electron chi connectivity index (χ0n) is 14.4. The summed E-state index contributed by atoms with van der Waals surface area (Å²) in [5.41, 5.74) is 7.54. The van der Waals surface area contributed by atoms with E-state index in [9.17, 15) is 9.59 Å². The number of nitrogens with one attached hydrogen (secondary N) is 1. The highest BCUT2D eigenvalue weighted by atomic mass is 35.5. The number of nitrogens with two attached hydrogens (primary N) is 1. The number of hydrogen-bond acceptors (Lipinski definition) is 4. The number of nitrogens with zero attached hydrogens (tertiary/aromatic N) is 1. The molecule has 1 aliphatic heterocycles. The molecular weight excluding hydrogens is 354 g/mol. The lowest BCUT2D eigenvalue weighted by Crippen LogP contribution is -2.27. The van der Waals surface area contributed by atoms with E-state index in [0.29, 0.717) is 22.7 Å². The lowest BCUT2D eigenvalue weighted by molar-refractivity contribution is 0.0792. The molecule has 0 aliphatic carbocycles. The summed E-state index contributed by atoms with van der Waals surface area (Å²) >= 11 is 6.00. The molecule has 2 aromatic rings. The molecule has 3 rings (SSSR count). The predicted octanol–water partition coefficient (Wildman–Crippen LogP) is 3.42. The monoisotopic (exact) mass is 373 g/mol. The Labute approximate surface area is 156 Å². The van der Waals surface area contributed by atoms with Crippen LogP contribution in [0.3, 0.4) is 0 Å². The molecule has 1 fully saturated rings. The van der Waals surface area contributed by atoms with E-state index in [1.165, 1.54) is 19.2 Å². The van der Waals surface area contributed by atoms with Gasteiger partial charge in [0.05, 0.1) is 23.4 Å². The zero-order chi connectivity index (χ0) is 18.7. The fourth-order valence-corrected chi connectivity index (χ4v) is 3.08. The summed E-state index contributed by atoms with van der Waals surface area (Å²) in [5.74, 6) is -0.0139. The molecule has 2 amide bonds. The van der Waals surface area contributed by atoms with Crippen LogP contribution >= 0.6 is 11.6 Å². The van der Waals surface area contributed by atoms with E-state index in [-0.39, 0.29) is 22.4 Å². The van der Waals surface area contributed by atoms with Crippen molar-refractivity contribution >= 4 is 34.8 Å². The molecule has 0 bridgehead atoms. The molecule has 2 aromatic carbocycles. The van der Waals surface area contributed by atoms with Gasteiger partial charge in [-0.2, -0.15) is 0 Å². The van der Waals surface area contributed by atoms with Crippen molar-refractivity contribution in [1.82, 2.24) is 4.90 Å². The van der Waals surface area contributed by atoms with E-state index in [1.807, 2.05) is 4.90 Å². The molecule has 0 spiro atoms. The van der Waals surface area contributed by atoms with E-state index >= 15 is 0 Å². The quantitative estimate of drug-likeness (QED) is 0.804. The predicted molar refractivity (Wildman–Crippen MR) is 102 cm³/mol. The third-order valence-electron chi connectivity index (χ3n) is 4.35. The molecule has 3 N–H and O–H groups in total. The molecule has 0 radical (unpaired) electrons. The molecule has 6 nitrogen and oxygen atoms in total. The number of ether oxygens (including phenoxy) is 1. The van der Waals surface area contributed by atoms with Crippen molar-refractivity contribution < 1.29 is 14.3 Å². The summed E-state index contributed by atoms with van der Waals surface area (Å²) in [6.07, 6.45) is 2.09. The van der Waals surface area contributed by atoms with Crippen molar-refractivity contribution in [3.63, 3.8) is 0 Å². The average molecular weight is 374 g/mol. The average Bonchev–Trinajstić information content (AvgIpc) is 3.18. The van der Waals surface area contributed by atoms with Crippen LogP contribution in [0.5, 0.6) is 5.75 Å². The van der Waals surface area contributed by atoms with Gasteiger partial charge < -0.3 is 20.7 Å². The molecule has 1 saturated heterocycles. The number of halogens is 1. The highest BCUT2D eigenvalue weighted by Crippen LogP contribution is 2.29. The molecule has 7 heteroatoms. The van der Waals surface area contributed by atoms with Crippen molar-refractivity contribution in [2.24, 2.45) is 0 Å². The second-order valence-corrected chi connectivity index (χ2v) is 6.51. The van der Waals surface area contributed by atoms with Gasteiger partial charge in [0.2, 0.25) is 0 Å². The summed E-state index contributed by atoms with van der Waals surface area (Å²) in [4.78, 5) is 26.7. The minimum absolute atomic E-state index is 0.0207. The molecule has 136 valence electrons. The maximum Gasteiger partial charge on any atom is 0.259 e. The van der Waals surface area contributed by atoms with Gasteiger partial charge in [-0.3, -0.25) is 9.59 Å². The number of methoxy groups -OCH3 is 1. The van der Waals surface area contributed by atoms with Crippen LogP contribution in [-0.4, -0.2) is 36.9 Å². The van der Waals surface area contributed by atoms with Gasteiger partial charge >= 0.3 is 0 Å². The minimum atomic E-state index is -0.373. The Morgan fingerprint density at radius 3 is 2.42 bits per heavy atom. The number of carbonyl (C=O) groups excluding carboxylic acids is 2. The first-order chi connectivity index (χ1) is 12.5. The SMILES string of the molecule is COc1cc(N)c(Cl)cc1C(=O)Nc1ccc(C(=O)N2CCCC2)cc1. The van der Waals surface area contributed by atoms with Gasteiger partial charge in [-0.05, 0) is 43.2 Å². The second kappa shape index (κ2) is 7.66. The van der Waals surface area contributed by atoms with E-state index in [2.05, 4.69) is 5.32 Å². The van der Waals surface area contributed by atoms with E-state index < -0.39 is 0 Å². The topological polar surface area (TPSA) is 84.7 Å². The number of amides is 2. The highest BCUT2D eigenvalue weighted by molar-refractivity contribution is 6.33. The van der Waals surface area contributed by atoms with Crippen LogP contribution in [0.2, 0.25) is 5.02 Å². The van der Waals surface area contributed by atoms with Crippen LogP contribution in [-0.2, 0) is 0 Å². The van der Waals surface area contributed by atoms with Crippen LogP contribution in [0.25, 0.3) is 0 Å². The number of nitrogen functional groups attached to an aromatic ring is 1. The smallest absolute Gasteiger partial charge is 0.259 e. The van der Waals surface area contributed by atoms with Crippen molar-refractivity contribution in [3.8, 4) is 5.75 Å².